The molecule has 0 aliphatic carbocycles. The highest BCUT2D eigenvalue weighted by Gasteiger charge is 2.34. The minimum atomic E-state index is -0.587. The van der Waals surface area contributed by atoms with Gasteiger partial charge in [0.2, 0.25) is 0 Å². The van der Waals surface area contributed by atoms with Crippen LogP contribution < -0.4 is 5.43 Å². The smallest absolute Gasteiger partial charge is 0.285 e. The highest BCUT2D eigenvalue weighted by Crippen LogP contribution is 2.31. The number of nitro groups is 1. The van der Waals surface area contributed by atoms with E-state index in [0.29, 0.717) is 4.91 Å². The molecule has 1 N–H and O–H groups in total. The van der Waals surface area contributed by atoms with Gasteiger partial charge < -0.3 is 4.57 Å². The number of hydrazine groups is 1. The van der Waals surface area contributed by atoms with E-state index in [4.69, 9.17) is 12.2 Å². The summed E-state index contributed by atoms with van der Waals surface area (Å²) in [6, 6.07) is 8.75. The molecule has 26 heavy (non-hydrogen) atoms. The molecule has 1 aliphatic rings. The summed E-state index contributed by atoms with van der Waals surface area (Å²) in [5.74, 6) is -1.02. The summed E-state index contributed by atoms with van der Waals surface area (Å²) >= 11 is 6.25. The van der Waals surface area contributed by atoms with Gasteiger partial charge in [-0.25, -0.2) is 0 Å². The van der Waals surface area contributed by atoms with Crippen molar-refractivity contribution in [1.82, 2.24) is 15.0 Å². The van der Waals surface area contributed by atoms with Crippen molar-refractivity contribution in [2.45, 2.75) is 0 Å². The summed E-state index contributed by atoms with van der Waals surface area (Å²) in [5.41, 5.74) is 3.31. The zero-order valence-electron chi connectivity index (χ0n) is 13.4. The summed E-state index contributed by atoms with van der Waals surface area (Å²) in [6.45, 7) is 0. The lowest BCUT2D eigenvalue weighted by Gasteiger charge is -2.15. The van der Waals surface area contributed by atoms with Gasteiger partial charge in [-0.05, 0) is 42.6 Å². The molecular weight excluding hydrogens is 376 g/mol. The van der Waals surface area contributed by atoms with Gasteiger partial charge in [0.05, 0.1) is 9.83 Å². The van der Waals surface area contributed by atoms with Crippen LogP contribution in [0.1, 0.15) is 16.1 Å². The Kier molecular flexibility index (Phi) is 4.87. The second kappa shape index (κ2) is 7.10. The van der Waals surface area contributed by atoms with Crippen LogP contribution in [0.2, 0.25) is 0 Å². The first kappa shape index (κ1) is 17.8. The monoisotopic (exact) mass is 388 g/mol. The largest absolute Gasteiger partial charge is 0.351 e. The van der Waals surface area contributed by atoms with Crippen molar-refractivity contribution in [2.24, 2.45) is 7.05 Å². The number of aryl methyl sites for hydroxylation is 1. The number of nitrogens with one attached hydrogen (secondary N) is 1. The lowest BCUT2D eigenvalue weighted by molar-refractivity contribution is -0.384. The number of nitrogens with zero attached hydrogens (tertiary/aromatic N) is 3. The first-order valence-corrected chi connectivity index (χ1v) is 8.54. The van der Waals surface area contributed by atoms with Crippen LogP contribution in [0.15, 0.2) is 47.5 Å². The number of benzene rings is 1. The van der Waals surface area contributed by atoms with E-state index in [9.17, 15) is 19.7 Å². The van der Waals surface area contributed by atoms with E-state index in [1.807, 2.05) is 29.9 Å². The Bertz CT molecular complexity index is 949. The van der Waals surface area contributed by atoms with Gasteiger partial charge in [0.15, 0.2) is 4.32 Å². The van der Waals surface area contributed by atoms with Crippen LogP contribution in [0.25, 0.3) is 6.08 Å². The van der Waals surface area contributed by atoms with Crippen LogP contribution in [-0.2, 0) is 11.8 Å². The third-order valence-electron chi connectivity index (χ3n) is 3.61. The molecule has 2 heterocycles. The molecule has 10 heteroatoms. The fourth-order valence-electron chi connectivity index (χ4n) is 2.22. The van der Waals surface area contributed by atoms with Gasteiger partial charge in [0.1, 0.15) is 0 Å². The van der Waals surface area contributed by atoms with Gasteiger partial charge in [0, 0.05) is 36.6 Å². The Balaban J connectivity index is 1.75. The normalized spacial score (nSPS) is 15.6. The number of aromatic nitrogens is 1. The molecule has 1 saturated heterocycles. The van der Waals surface area contributed by atoms with Crippen LogP contribution in [0.4, 0.5) is 5.69 Å². The standard InChI is InChI=1S/C16H12N4O4S2/c1-18-8-2-3-12(18)9-13-15(22)19(16(25)26-13)17-14(21)10-4-6-11(7-5-10)20(23)24/h2-9H,1H3,(H,17,21)/b13-9-. The van der Waals surface area contributed by atoms with Crippen LogP contribution in [0.3, 0.4) is 0 Å². The zero-order chi connectivity index (χ0) is 18.8. The molecule has 1 fully saturated rings. The van der Waals surface area contributed by atoms with Gasteiger partial charge >= 0.3 is 0 Å². The molecule has 1 aromatic heterocycles. The molecule has 2 aromatic rings. The maximum atomic E-state index is 12.5. The zero-order valence-corrected chi connectivity index (χ0v) is 15.0. The van der Waals surface area contributed by atoms with E-state index in [1.54, 1.807) is 6.08 Å². The van der Waals surface area contributed by atoms with Crippen molar-refractivity contribution >= 4 is 51.9 Å². The highest BCUT2D eigenvalue weighted by atomic mass is 32.2. The van der Waals surface area contributed by atoms with Crippen LogP contribution >= 0.6 is 24.0 Å². The molecule has 0 radical (unpaired) electrons. The molecule has 1 aromatic carbocycles. The van der Waals surface area contributed by atoms with E-state index in [-0.39, 0.29) is 15.6 Å². The molecule has 0 unspecified atom stereocenters. The molecule has 3 rings (SSSR count). The SMILES string of the molecule is Cn1cccc1/C=C1\SC(=S)N(NC(=O)c2ccc([N+](=O)[O-])cc2)C1=O. The number of non-ortho nitro benzene ring substituents is 1. The number of nitro benzene ring substituents is 1. The molecule has 132 valence electrons. The second-order valence-electron chi connectivity index (χ2n) is 5.31. The van der Waals surface area contributed by atoms with Crippen LogP contribution in [0.5, 0.6) is 0 Å². The van der Waals surface area contributed by atoms with Gasteiger partial charge in [-0.2, -0.15) is 5.01 Å². The lowest BCUT2D eigenvalue weighted by Crippen LogP contribution is -2.44. The molecule has 8 nitrogen and oxygen atoms in total. The first-order valence-electron chi connectivity index (χ1n) is 7.31. The average molecular weight is 388 g/mol. The summed E-state index contributed by atoms with van der Waals surface area (Å²) in [5, 5.41) is 11.7. The van der Waals surface area contributed by atoms with Crippen LogP contribution in [0, 0.1) is 10.1 Å². The molecule has 1 aliphatic heterocycles. The Morgan fingerprint density at radius 1 is 1.31 bits per heavy atom. The van der Waals surface area contributed by atoms with E-state index in [2.05, 4.69) is 5.43 Å². The van der Waals surface area contributed by atoms with E-state index in [1.165, 1.54) is 24.3 Å². The third-order valence-corrected chi connectivity index (χ3v) is 4.91. The molecular formula is C16H12N4O4S2. The Labute approximate surface area is 157 Å². The van der Waals surface area contributed by atoms with Gasteiger partial charge in [-0.1, -0.05) is 11.8 Å². The molecule has 0 atom stereocenters. The quantitative estimate of drug-likeness (QED) is 0.374. The number of thioether (sulfide) groups is 1. The van der Waals surface area contributed by atoms with E-state index in [0.717, 1.165) is 22.5 Å². The number of carbonyl (C=O) groups excluding carboxylic acids is 2. The summed E-state index contributed by atoms with van der Waals surface area (Å²) < 4.78 is 2.05. The number of amides is 2. The second-order valence-corrected chi connectivity index (χ2v) is 6.98. The number of hydrogen-bond donors (Lipinski definition) is 1. The highest BCUT2D eigenvalue weighted by molar-refractivity contribution is 8.26. The van der Waals surface area contributed by atoms with Crippen molar-refractivity contribution < 1.29 is 14.5 Å². The van der Waals surface area contributed by atoms with Crippen molar-refractivity contribution in [3.8, 4) is 0 Å². The molecule has 0 bridgehead atoms. The fourth-order valence-corrected chi connectivity index (χ4v) is 3.39. The van der Waals surface area contributed by atoms with Crippen molar-refractivity contribution in [2.75, 3.05) is 0 Å². The maximum Gasteiger partial charge on any atom is 0.285 e. The Hall–Kier alpha value is -2.98. The van der Waals surface area contributed by atoms with Gasteiger partial charge in [-0.3, -0.25) is 25.1 Å². The minimum Gasteiger partial charge on any atom is -0.351 e. The predicted molar refractivity (Wildman–Crippen MR) is 101 cm³/mol. The number of thiocarbonyl (C=S) groups is 1. The molecule has 2 amide bonds. The topological polar surface area (TPSA) is 97.5 Å². The van der Waals surface area contributed by atoms with Gasteiger partial charge in [0.25, 0.3) is 17.5 Å². The Morgan fingerprint density at radius 2 is 2.00 bits per heavy atom. The van der Waals surface area contributed by atoms with Gasteiger partial charge in [-0.15, -0.1) is 0 Å². The maximum absolute atomic E-state index is 12.5. The molecule has 0 saturated carbocycles. The first-order chi connectivity index (χ1) is 12.4. The van der Waals surface area contributed by atoms with E-state index >= 15 is 0 Å². The molecule has 0 spiro atoms. The predicted octanol–water partition coefficient (Wildman–Crippen LogP) is 2.48. The summed E-state index contributed by atoms with van der Waals surface area (Å²) in [4.78, 5) is 35.3. The summed E-state index contributed by atoms with van der Waals surface area (Å²) in [6.07, 6.45) is 3.54. The van der Waals surface area contributed by atoms with Crippen molar-refractivity contribution in [3.05, 3.63) is 68.9 Å². The number of carbonyl (C=O) groups is 2. The van der Waals surface area contributed by atoms with E-state index < -0.39 is 16.7 Å². The Morgan fingerprint density at radius 3 is 2.58 bits per heavy atom. The number of hydrogen-bond acceptors (Lipinski definition) is 6. The minimum absolute atomic E-state index is 0.127. The van der Waals surface area contributed by atoms with Crippen molar-refractivity contribution in [1.29, 1.82) is 0 Å². The van der Waals surface area contributed by atoms with Crippen molar-refractivity contribution in [3.63, 3.8) is 0 Å². The number of rotatable bonds is 4. The average Bonchev–Trinajstić information content (AvgIpc) is 3.13. The summed E-state index contributed by atoms with van der Waals surface area (Å²) in [7, 11) is 1.85. The lowest BCUT2D eigenvalue weighted by atomic mass is 10.2. The fraction of sp³-hybridized carbons (Fsp3) is 0.0625. The van der Waals surface area contributed by atoms with Crippen LogP contribution in [-0.4, -0.2) is 30.6 Å². The third kappa shape index (κ3) is 3.51.